The highest BCUT2D eigenvalue weighted by molar-refractivity contribution is 6.04. The van der Waals surface area contributed by atoms with Crippen molar-refractivity contribution in [2.24, 2.45) is 0 Å². The van der Waals surface area contributed by atoms with Crippen LogP contribution in [0.15, 0.2) is 42.5 Å². The van der Waals surface area contributed by atoms with Gasteiger partial charge in [-0.05, 0) is 48.9 Å². The first-order valence-electron chi connectivity index (χ1n) is 6.37. The van der Waals surface area contributed by atoms with Gasteiger partial charge in [0, 0.05) is 11.1 Å². The van der Waals surface area contributed by atoms with E-state index in [4.69, 9.17) is 5.11 Å². The zero-order chi connectivity index (χ0) is 15.2. The van der Waals surface area contributed by atoms with E-state index in [9.17, 15) is 9.18 Å². The standard InChI is InChI=1S/C17H14FNO2/c1-12-4-9-16(14(11-12)3-2-10-20)19-17(21)13-5-7-15(18)8-6-13/h4-9,11,20H,10H2,1H3,(H,19,21). The fourth-order valence-corrected chi connectivity index (χ4v) is 1.80. The molecule has 0 saturated carbocycles. The van der Waals surface area contributed by atoms with Gasteiger partial charge in [0.2, 0.25) is 0 Å². The van der Waals surface area contributed by atoms with Crippen LogP contribution in [-0.4, -0.2) is 17.6 Å². The molecule has 0 heterocycles. The molecular formula is C17H14FNO2. The predicted molar refractivity (Wildman–Crippen MR) is 79.5 cm³/mol. The van der Waals surface area contributed by atoms with Crippen LogP contribution in [0.3, 0.4) is 0 Å². The summed E-state index contributed by atoms with van der Waals surface area (Å²) in [5.74, 6) is 4.62. The number of halogens is 1. The van der Waals surface area contributed by atoms with Gasteiger partial charge in [-0.25, -0.2) is 4.39 Å². The average molecular weight is 283 g/mol. The first-order chi connectivity index (χ1) is 10.1. The molecule has 0 saturated heterocycles. The van der Waals surface area contributed by atoms with Crippen LogP contribution in [0, 0.1) is 24.6 Å². The summed E-state index contributed by atoms with van der Waals surface area (Å²) in [4.78, 5) is 12.1. The molecule has 0 aromatic heterocycles. The fourth-order valence-electron chi connectivity index (χ4n) is 1.80. The second-order valence-corrected chi connectivity index (χ2v) is 4.47. The maximum atomic E-state index is 12.9. The number of aliphatic hydroxyl groups is 1. The molecule has 0 fully saturated rings. The number of hydrogen-bond donors (Lipinski definition) is 2. The molecule has 106 valence electrons. The Morgan fingerprint density at radius 1 is 1.24 bits per heavy atom. The van der Waals surface area contributed by atoms with E-state index in [0.29, 0.717) is 16.8 Å². The van der Waals surface area contributed by atoms with Gasteiger partial charge >= 0.3 is 0 Å². The summed E-state index contributed by atoms with van der Waals surface area (Å²) < 4.78 is 12.9. The molecule has 0 aliphatic carbocycles. The van der Waals surface area contributed by atoms with Crippen molar-refractivity contribution in [1.82, 2.24) is 0 Å². The molecule has 0 atom stereocenters. The molecule has 0 spiro atoms. The van der Waals surface area contributed by atoms with Crippen molar-refractivity contribution in [3.8, 4) is 11.8 Å². The second kappa shape index (κ2) is 6.69. The lowest BCUT2D eigenvalue weighted by Gasteiger charge is -2.08. The van der Waals surface area contributed by atoms with Gasteiger partial charge in [-0.3, -0.25) is 4.79 Å². The third-order valence-corrected chi connectivity index (χ3v) is 2.83. The van der Waals surface area contributed by atoms with Gasteiger partial charge in [-0.15, -0.1) is 0 Å². The fraction of sp³-hybridized carbons (Fsp3) is 0.118. The highest BCUT2D eigenvalue weighted by Crippen LogP contribution is 2.17. The Balaban J connectivity index is 2.26. The van der Waals surface area contributed by atoms with Crippen molar-refractivity contribution in [3.63, 3.8) is 0 Å². The minimum absolute atomic E-state index is 0.251. The minimum Gasteiger partial charge on any atom is -0.384 e. The minimum atomic E-state index is -0.392. The molecule has 2 N–H and O–H groups in total. The summed E-state index contributed by atoms with van der Waals surface area (Å²) >= 11 is 0. The zero-order valence-electron chi connectivity index (χ0n) is 11.5. The van der Waals surface area contributed by atoms with Crippen molar-refractivity contribution >= 4 is 11.6 Å². The van der Waals surface area contributed by atoms with Gasteiger partial charge in [-0.1, -0.05) is 17.9 Å². The first-order valence-corrected chi connectivity index (χ1v) is 6.37. The van der Waals surface area contributed by atoms with E-state index < -0.39 is 5.82 Å². The van der Waals surface area contributed by atoms with Crippen LogP contribution >= 0.6 is 0 Å². The summed E-state index contributed by atoms with van der Waals surface area (Å²) in [7, 11) is 0. The SMILES string of the molecule is Cc1ccc(NC(=O)c2ccc(F)cc2)c(C#CCO)c1. The van der Waals surface area contributed by atoms with Crippen molar-refractivity contribution in [1.29, 1.82) is 0 Å². The number of aryl methyl sites for hydroxylation is 1. The molecule has 0 bridgehead atoms. The number of aliphatic hydroxyl groups excluding tert-OH is 1. The molecule has 21 heavy (non-hydrogen) atoms. The van der Waals surface area contributed by atoms with Crippen LogP contribution in [0.5, 0.6) is 0 Å². The van der Waals surface area contributed by atoms with E-state index in [1.165, 1.54) is 24.3 Å². The number of carbonyl (C=O) groups is 1. The molecule has 4 heteroatoms. The normalized spacial score (nSPS) is 9.67. The van der Waals surface area contributed by atoms with Gasteiger partial charge in [0.05, 0.1) is 5.69 Å². The third-order valence-electron chi connectivity index (χ3n) is 2.83. The Morgan fingerprint density at radius 3 is 2.62 bits per heavy atom. The van der Waals surface area contributed by atoms with Gasteiger partial charge in [0.25, 0.3) is 5.91 Å². The molecular weight excluding hydrogens is 269 g/mol. The first kappa shape index (κ1) is 14.8. The molecule has 0 aliphatic rings. The van der Waals surface area contributed by atoms with Crippen molar-refractivity contribution in [3.05, 3.63) is 65.0 Å². The highest BCUT2D eigenvalue weighted by atomic mass is 19.1. The largest absolute Gasteiger partial charge is 0.384 e. The Morgan fingerprint density at radius 2 is 1.95 bits per heavy atom. The molecule has 3 nitrogen and oxygen atoms in total. The smallest absolute Gasteiger partial charge is 0.255 e. The van der Waals surface area contributed by atoms with Crippen molar-refractivity contribution < 1.29 is 14.3 Å². The molecule has 0 radical (unpaired) electrons. The van der Waals surface area contributed by atoms with E-state index in [0.717, 1.165) is 5.56 Å². The summed E-state index contributed by atoms with van der Waals surface area (Å²) in [5.41, 5.74) is 2.53. The predicted octanol–water partition coefficient (Wildman–Crippen LogP) is 2.73. The molecule has 0 unspecified atom stereocenters. The van der Waals surface area contributed by atoms with Gasteiger partial charge in [-0.2, -0.15) is 0 Å². The molecule has 0 aliphatic heterocycles. The Labute approximate surface area is 122 Å². The lowest BCUT2D eigenvalue weighted by atomic mass is 10.1. The van der Waals surface area contributed by atoms with E-state index in [2.05, 4.69) is 17.2 Å². The summed E-state index contributed by atoms with van der Waals surface area (Å²) in [6.45, 7) is 1.66. The third kappa shape index (κ3) is 3.91. The van der Waals surface area contributed by atoms with E-state index >= 15 is 0 Å². The van der Waals surface area contributed by atoms with Crippen molar-refractivity contribution in [2.45, 2.75) is 6.92 Å². The Bertz CT molecular complexity index is 712. The van der Waals surface area contributed by atoms with E-state index in [-0.39, 0.29) is 12.5 Å². The average Bonchev–Trinajstić information content (AvgIpc) is 2.48. The molecule has 1 amide bonds. The number of nitrogens with one attached hydrogen (secondary N) is 1. The quantitative estimate of drug-likeness (QED) is 0.833. The maximum Gasteiger partial charge on any atom is 0.255 e. The summed E-state index contributed by atoms with van der Waals surface area (Å²) in [5, 5.41) is 11.5. The summed E-state index contributed by atoms with van der Waals surface area (Å²) in [6.07, 6.45) is 0. The molecule has 2 aromatic rings. The van der Waals surface area contributed by atoms with Crippen molar-refractivity contribution in [2.75, 3.05) is 11.9 Å². The van der Waals surface area contributed by atoms with Gasteiger partial charge in [0.1, 0.15) is 12.4 Å². The van der Waals surface area contributed by atoms with Crippen LogP contribution in [0.2, 0.25) is 0 Å². The monoisotopic (exact) mass is 283 g/mol. The van der Waals surface area contributed by atoms with Crippen LogP contribution in [0.4, 0.5) is 10.1 Å². The number of amides is 1. The van der Waals surface area contributed by atoms with E-state index in [1.807, 2.05) is 19.1 Å². The van der Waals surface area contributed by atoms with Crippen LogP contribution in [0.1, 0.15) is 21.5 Å². The number of carbonyl (C=O) groups excluding carboxylic acids is 1. The summed E-state index contributed by atoms with van der Waals surface area (Å²) in [6, 6.07) is 10.7. The Kier molecular flexibility index (Phi) is 4.70. The lowest BCUT2D eigenvalue weighted by Crippen LogP contribution is -2.13. The topological polar surface area (TPSA) is 49.3 Å². The Hall–Kier alpha value is -2.64. The highest BCUT2D eigenvalue weighted by Gasteiger charge is 2.08. The van der Waals surface area contributed by atoms with Crippen LogP contribution in [0.25, 0.3) is 0 Å². The maximum absolute atomic E-state index is 12.9. The van der Waals surface area contributed by atoms with Gasteiger partial charge in [0.15, 0.2) is 0 Å². The number of benzene rings is 2. The van der Waals surface area contributed by atoms with E-state index in [1.54, 1.807) is 6.07 Å². The molecule has 2 rings (SSSR count). The van der Waals surface area contributed by atoms with Crippen LogP contribution in [-0.2, 0) is 0 Å². The number of rotatable bonds is 2. The lowest BCUT2D eigenvalue weighted by molar-refractivity contribution is 0.102. The van der Waals surface area contributed by atoms with Crippen LogP contribution < -0.4 is 5.32 Å². The molecule has 2 aromatic carbocycles. The second-order valence-electron chi connectivity index (χ2n) is 4.47. The number of hydrogen-bond acceptors (Lipinski definition) is 2. The number of anilines is 1. The zero-order valence-corrected chi connectivity index (χ0v) is 11.5. The van der Waals surface area contributed by atoms with Gasteiger partial charge < -0.3 is 10.4 Å².